The summed E-state index contributed by atoms with van der Waals surface area (Å²) >= 11 is 5.58. The summed E-state index contributed by atoms with van der Waals surface area (Å²) in [5.41, 5.74) is 5.00. The maximum absolute atomic E-state index is 13.0. The SMILES string of the molecule is O=C(NNC(=O)c1ccncc1)Nc1ccc(F)c(Cl)c1. The van der Waals surface area contributed by atoms with E-state index in [1.54, 1.807) is 0 Å². The molecule has 8 heteroatoms. The molecule has 0 saturated carbocycles. The number of amides is 3. The Labute approximate surface area is 124 Å². The molecule has 0 radical (unpaired) electrons. The van der Waals surface area contributed by atoms with Gasteiger partial charge in [-0.25, -0.2) is 14.6 Å². The van der Waals surface area contributed by atoms with E-state index in [-0.39, 0.29) is 10.7 Å². The van der Waals surface area contributed by atoms with E-state index in [9.17, 15) is 14.0 Å². The third kappa shape index (κ3) is 4.15. The monoisotopic (exact) mass is 308 g/mol. The number of hydrazine groups is 1. The Morgan fingerprint density at radius 3 is 2.48 bits per heavy atom. The van der Waals surface area contributed by atoms with Crippen molar-refractivity contribution in [3.63, 3.8) is 0 Å². The summed E-state index contributed by atoms with van der Waals surface area (Å²) in [5, 5.41) is 2.27. The van der Waals surface area contributed by atoms with Crippen molar-refractivity contribution in [1.29, 1.82) is 0 Å². The van der Waals surface area contributed by atoms with E-state index >= 15 is 0 Å². The summed E-state index contributed by atoms with van der Waals surface area (Å²) < 4.78 is 13.0. The van der Waals surface area contributed by atoms with Crippen LogP contribution in [0.1, 0.15) is 10.4 Å². The van der Waals surface area contributed by atoms with Crippen LogP contribution in [0.5, 0.6) is 0 Å². The van der Waals surface area contributed by atoms with Crippen molar-refractivity contribution in [2.24, 2.45) is 0 Å². The Balaban J connectivity index is 1.87. The highest BCUT2D eigenvalue weighted by Gasteiger charge is 2.08. The van der Waals surface area contributed by atoms with Gasteiger partial charge in [0.15, 0.2) is 0 Å². The number of hydrogen-bond acceptors (Lipinski definition) is 3. The largest absolute Gasteiger partial charge is 0.337 e. The third-order valence-corrected chi connectivity index (χ3v) is 2.70. The molecule has 0 aliphatic heterocycles. The van der Waals surface area contributed by atoms with Crippen molar-refractivity contribution in [1.82, 2.24) is 15.8 Å². The average Bonchev–Trinajstić information content (AvgIpc) is 2.49. The molecule has 108 valence electrons. The van der Waals surface area contributed by atoms with Crippen LogP contribution in [0, 0.1) is 5.82 Å². The van der Waals surface area contributed by atoms with Crippen LogP contribution < -0.4 is 16.2 Å². The first kappa shape index (κ1) is 14.7. The van der Waals surface area contributed by atoms with Crippen molar-refractivity contribution in [3.8, 4) is 0 Å². The van der Waals surface area contributed by atoms with E-state index in [1.165, 1.54) is 36.7 Å². The predicted molar refractivity (Wildman–Crippen MR) is 75.3 cm³/mol. The molecule has 1 aromatic heterocycles. The average molecular weight is 309 g/mol. The van der Waals surface area contributed by atoms with Gasteiger partial charge in [-0.05, 0) is 30.3 Å². The number of hydrogen-bond donors (Lipinski definition) is 3. The lowest BCUT2D eigenvalue weighted by atomic mass is 10.3. The molecule has 3 amide bonds. The summed E-state index contributed by atoms with van der Waals surface area (Å²) in [6.07, 6.45) is 2.91. The van der Waals surface area contributed by atoms with Gasteiger partial charge in [-0.2, -0.15) is 0 Å². The second-order valence-electron chi connectivity index (χ2n) is 3.90. The van der Waals surface area contributed by atoms with E-state index in [0.29, 0.717) is 5.56 Å². The smallest absolute Gasteiger partial charge is 0.307 e. The van der Waals surface area contributed by atoms with Crippen LogP contribution >= 0.6 is 11.6 Å². The molecule has 0 aliphatic carbocycles. The second-order valence-corrected chi connectivity index (χ2v) is 4.31. The Kier molecular flexibility index (Phi) is 4.68. The normalized spacial score (nSPS) is 9.81. The van der Waals surface area contributed by atoms with Crippen molar-refractivity contribution in [2.75, 3.05) is 5.32 Å². The highest BCUT2D eigenvalue weighted by atomic mass is 35.5. The first-order valence-corrected chi connectivity index (χ1v) is 6.16. The van der Waals surface area contributed by atoms with Gasteiger partial charge in [0.25, 0.3) is 5.91 Å². The highest BCUT2D eigenvalue weighted by Crippen LogP contribution is 2.19. The zero-order valence-corrected chi connectivity index (χ0v) is 11.3. The fourth-order valence-electron chi connectivity index (χ4n) is 1.43. The number of halogens is 2. The molecular weight excluding hydrogens is 299 g/mol. The number of carbonyl (C=O) groups is 2. The summed E-state index contributed by atoms with van der Waals surface area (Å²) in [6, 6.07) is 6.00. The predicted octanol–water partition coefficient (Wildman–Crippen LogP) is 2.34. The lowest BCUT2D eigenvalue weighted by Gasteiger charge is -2.09. The zero-order valence-electron chi connectivity index (χ0n) is 10.6. The molecule has 0 fully saturated rings. The Hall–Kier alpha value is -2.67. The number of nitrogens with one attached hydrogen (secondary N) is 3. The summed E-state index contributed by atoms with van der Waals surface area (Å²) in [7, 11) is 0. The quantitative estimate of drug-likeness (QED) is 0.745. The Morgan fingerprint density at radius 1 is 1.10 bits per heavy atom. The van der Waals surface area contributed by atoms with Gasteiger partial charge >= 0.3 is 6.03 Å². The molecule has 0 unspecified atom stereocenters. The maximum Gasteiger partial charge on any atom is 0.337 e. The van der Waals surface area contributed by atoms with Crippen LogP contribution in [0.2, 0.25) is 5.02 Å². The fourth-order valence-corrected chi connectivity index (χ4v) is 1.61. The van der Waals surface area contributed by atoms with E-state index < -0.39 is 17.8 Å². The summed E-state index contributed by atoms with van der Waals surface area (Å²) in [6.45, 7) is 0. The first-order chi connectivity index (χ1) is 10.1. The van der Waals surface area contributed by atoms with Crippen LogP contribution in [-0.2, 0) is 0 Å². The van der Waals surface area contributed by atoms with Gasteiger partial charge in [0.1, 0.15) is 5.82 Å². The summed E-state index contributed by atoms with van der Waals surface area (Å²) in [5.74, 6) is -1.08. The van der Waals surface area contributed by atoms with Crippen molar-refractivity contribution < 1.29 is 14.0 Å². The molecule has 2 rings (SSSR count). The minimum absolute atomic E-state index is 0.117. The van der Waals surface area contributed by atoms with Gasteiger partial charge in [0.05, 0.1) is 5.02 Å². The summed E-state index contributed by atoms with van der Waals surface area (Å²) in [4.78, 5) is 27.0. The van der Waals surface area contributed by atoms with Crippen LogP contribution in [-0.4, -0.2) is 16.9 Å². The molecule has 2 aromatic rings. The van der Waals surface area contributed by atoms with Crippen molar-refractivity contribution in [2.45, 2.75) is 0 Å². The number of benzene rings is 1. The lowest BCUT2D eigenvalue weighted by Crippen LogP contribution is -2.43. The fraction of sp³-hybridized carbons (Fsp3) is 0. The molecule has 0 atom stereocenters. The molecule has 1 heterocycles. The highest BCUT2D eigenvalue weighted by molar-refractivity contribution is 6.31. The molecule has 6 nitrogen and oxygen atoms in total. The number of pyridine rings is 1. The van der Waals surface area contributed by atoms with Crippen molar-refractivity contribution >= 4 is 29.2 Å². The minimum Gasteiger partial charge on any atom is -0.307 e. The van der Waals surface area contributed by atoms with Gasteiger partial charge in [-0.15, -0.1) is 0 Å². The lowest BCUT2D eigenvalue weighted by molar-refractivity contribution is 0.0938. The first-order valence-electron chi connectivity index (χ1n) is 5.78. The molecule has 0 aliphatic rings. The minimum atomic E-state index is -0.694. The van der Waals surface area contributed by atoms with Gasteiger partial charge in [-0.1, -0.05) is 11.6 Å². The molecule has 3 N–H and O–H groups in total. The number of carbonyl (C=O) groups excluding carboxylic acids is 2. The van der Waals surface area contributed by atoms with Gasteiger partial charge < -0.3 is 5.32 Å². The van der Waals surface area contributed by atoms with Crippen molar-refractivity contribution in [3.05, 3.63) is 59.1 Å². The standard InChI is InChI=1S/C13H10ClFN4O2/c14-10-7-9(1-2-11(10)15)17-13(21)19-18-12(20)8-3-5-16-6-4-8/h1-7H,(H,18,20)(H2,17,19,21). The Morgan fingerprint density at radius 2 is 1.81 bits per heavy atom. The number of anilines is 1. The van der Waals surface area contributed by atoms with E-state index in [0.717, 1.165) is 6.07 Å². The van der Waals surface area contributed by atoms with Gasteiger partial charge in [0, 0.05) is 23.6 Å². The molecule has 0 bridgehead atoms. The topological polar surface area (TPSA) is 83.1 Å². The van der Waals surface area contributed by atoms with Crippen LogP contribution in [0.4, 0.5) is 14.9 Å². The third-order valence-electron chi connectivity index (χ3n) is 2.41. The van der Waals surface area contributed by atoms with Gasteiger partial charge in [0.2, 0.25) is 0 Å². The van der Waals surface area contributed by atoms with E-state index in [2.05, 4.69) is 21.2 Å². The Bertz CT molecular complexity index is 666. The zero-order chi connectivity index (χ0) is 15.2. The molecule has 0 saturated heterocycles. The van der Waals surface area contributed by atoms with Crippen LogP contribution in [0.3, 0.4) is 0 Å². The molecule has 21 heavy (non-hydrogen) atoms. The maximum atomic E-state index is 13.0. The van der Waals surface area contributed by atoms with E-state index in [4.69, 9.17) is 11.6 Å². The van der Waals surface area contributed by atoms with Crippen LogP contribution in [0.15, 0.2) is 42.7 Å². The molecule has 0 spiro atoms. The number of aromatic nitrogens is 1. The van der Waals surface area contributed by atoms with E-state index in [1.807, 2.05) is 0 Å². The van der Waals surface area contributed by atoms with Crippen LogP contribution in [0.25, 0.3) is 0 Å². The number of nitrogens with zero attached hydrogens (tertiary/aromatic N) is 1. The molecule has 1 aromatic carbocycles. The second kappa shape index (κ2) is 6.67. The number of rotatable bonds is 2. The van der Waals surface area contributed by atoms with Gasteiger partial charge in [-0.3, -0.25) is 15.2 Å². The number of urea groups is 1. The molecular formula is C13H10ClFN4O2.